The van der Waals surface area contributed by atoms with Gasteiger partial charge < -0.3 is 10.0 Å². The molecule has 0 unspecified atom stereocenters. The predicted molar refractivity (Wildman–Crippen MR) is 110 cm³/mol. The molecule has 2 aliphatic heterocycles. The molecule has 0 aromatic heterocycles. The topological polar surface area (TPSA) is 64.1 Å². The summed E-state index contributed by atoms with van der Waals surface area (Å²) in [7, 11) is 0. The minimum Gasteiger partial charge on any atom is -0.395 e. The fraction of sp³-hybridized carbons (Fsp3) is 0.545. The van der Waals surface area contributed by atoms with Crippen LogP contribution < -0.4 is 0 Å². The van der Waals surface area contributed by atoms with Gasteiger partial charge in [0, 0.05) is 39.3 Å². The highest BCUT2D eigenvalue weighted by Crippen LogP contribution is 2.33. The Bertz CT molecular complexity index is 779. The van der Waals surface area contributed by atoms with Crippen LogP contribution in [-0.4, -0.2) is 77.5 Å². The van der Waals surface area contributed by atoms with E-state index in [2.05, 4.69) is 16.7 Å². The summed E-state index contributed by atoms with van der Waals surface area (Å²) in [6.07, 6.45) is 1.75. The van der Waals surface area contributed by atoms with Crippen molar-refractivity contribution in [2.75, 3.05) is 45.9 Å². The van der Waals surface area contributed by atoms with Gasteiger partial charge in [0.25, 0.3) is 11.8 Å². The van der Waals surface area contributed by atoms with Gasteiger partial charge in [-0.05, 0) is 37.0 Å². The lowest BCUT2D eigenvalue weighted by Gasteiger charge is -2.36. The van der Waals surface area contributed by atoms with Crippen LogP contribution in [0.2, 0.25) is 0 Å². The van der Waals surface area contributed by atoms with E-state index >= 15 is 0 Å². The lowest BCUT2D eigenvalue weighted by atomic mass is 9.99. The van der Waals surface area contributed by atoms with Gasteiger partial charge in [0.1, 0.15) is 5.70 Å². The molecule has 3 rings (SSSR count). The summed E-state index contributed by atoms with van der Waals surface area (Å²) in [5, 5.41) is 9.16. The normalized spacial score (nSPS) is 18.6. The highest BCUT2D eigenvalue weighted by molar-refractivity contribution is 6.35. The highest BCUT2D eigenvalue weighted by Gasteiger charge is 2.41. The fourth-order valence-corrected chi connectivity index (χ4v) is 3.87. The van der Waals surface area contributed by atoms with E-state index in [1.54, 1.807) is 0 Å². The molecule has 0 spiro atoms. The van der Waals surface area contributed by atoms with Crippen LogP contribution in [0.3, 0.4) is 0 Å². The van der Waals surface area contributed by atoms with Crippen LogP contribution in [-0.2, 0) is 9.59 Å². The van der Waals surface area contributed by atoms with Gasteiger partial charge in [0.15, 0.2) is 0 Å². The predicted octanol–water partition coefficient (Wildman–Crippen LogP) is 1.79. The number of amides is 2. The summed E-state index contributed by atoms with van der Waals surface area (Å²) in [5.41, 5.74) is 4.20. The Kier molecular flexibility index (Phi) is 6.52. The zero-order chi connectivity index (χ0) is 20.3. The van der Waals surface area contributed by atoms with Crippen LogP contribution in [0, 0.1) is 13.8 Å². The second-order valence-corrected chi connectivity index (χ2v) is 7.69. The Balaban J connectivity index is 1.96. The van der Waals surface area contributed by atoms with Crippen molar-refractivity contribution < 1.29 is 14.7 Å². The first kappa shape index (κ1) is 20.6. The molecule has 6 heteroatoms. The van der Waals surface area contributed by atoms with Crippen molar-refractivity contribution in [3.05, 3.63) is 40.6 Å². The molecule has 2 aliphatic rings. The third kappa shape index (κ3) is 3.98. The van der Waals surface area contributed by atoms with Crippen molar-refractivity contribution in [2.24, 2.45) is 0 Å². The Labute approximate surface area is 167 Å². The summed E-state index contributed by atoms with van der Waals surface area (Å²) in [4.78, 5) is 32.1. The van der Waals surface area contributed by atoms with Crippen molar-refractivity contribution in [2.45, 2.75) is 33.6 Å². The molecule has 0 saturated carbocycles. The van der Waals surface area contributed by atoms with Crippen molar-refractivity contribution in [3.8, 4) is 0 Å². The summed E-state index contributed by atoms with van der Waals surface area (Å²) < 4.78 is 0. The third-order valence-electron chi connectivity index (χ3n) is 5.78. The minimum absolute atomic E-state index is 0.138. The molecule has 0 bridgehead atoms. The maximum atomic E-state index is 13.2. The van der Waals surface area contributed by atoms with E-state index in [1.165, 1.54) is 10.5 Å². The van der Waals surface area contributed by atoms with Gasteiger partial charge in [-0.3, -0.25) is 19.4 Å². The SMILES string of the molecule is CCCCN1C(=O)C(c2ccc(C)c(C)c2)=C(N2CCN(CCO)CC2)C1=O. The molecule has 0 aliphatic carbocycles. The number of unbranched alkanes of at least 4 members (excludes halogenated alkanes) is 1. The number of benzene rings is 1. The van der Waals surface area contributed by atoms with E-state index in [-0.39, 0.29) is 18.4 Å². The van der Waals surface area contributed by atoms with E-state index in [1.807, 2.05) is 32.0 Å². The molecule has 6 nitrogen and oxygen atoms in total. The number of aryl methyl sites for hydroxylation is 2. The highest BCUT2D eigenvalue weighted by atomic mass is 16.3. The monoisotopic (exact) mass is 385 g/mol. The number of carbonyl (C=O) groups is 2. The first-order valence-corrected chi connectivity index (χ1v) is 10.2. The number of carbonyl (C=O) groups excluding carboxylic acids is 2. The molecule has 152 valence electrons. The molecule has 0 radical (unpaired) electrons. The molecule has 1 saturated heterocycles. The zero-order valence-corrected chi connectivity index (χ0v) is 17.2. The lowest BCUT2D eigenvalue weighted by Crippen LogP contribution is -2.48. The van der Waals surface area contributed by atoms with Crippen LogP contribution in [0.5, 0.6) is 0 Å². The minimum atomic E-state index is -0.172. The molecule has 1 fully saturated rings. The summed E-state index contributed by atoms with van der Waals surface area (Å²) in [6.45, 7) is 10.3. The molecule has 28 heavy (non-hydrogen) atoms. The smallest absolute Gasteiger partial charge is 0.277 e. The Hall–Kier alpha value is -2.18. The number of hydrogen-bond acceptors (Lipinski definition) is 5. The standard InChI is InChI=1S/C22H31N3O3/c1-4-5-8-25-21(27)19(18-7-6-16(2)17(3)15-18)20(22(25)28)24-11-9-23(10-12-24)13-14-26/h6-7,15,26H,4-5,8-14H2,1-3H3. The molecule has 1 aromatic carbocycles. The number of hydrogen-bond donors (Lipinski definition) is 1. The van der Waals surface area contributed by atoms with Crippen LogP contribution in [0.25, 0.3) is 5.57 Å². The van der Waals surface area contributed by atoms with Crippen molar-refractivity contribution in [1.29, 1.82) is 0 Å². The first-order chi connectivity index (χ1) is 13.5. The van der Waals surface area contributed by atoms with Gasteiger partial charge in [0.05, 0.1) is 12.2 Å². The van der Waals surface area contributed by atoms with Crippen LogP contribution in [0.4, 0.5) is 0 Å². The van der Waals surface area contributed by atoms with E-state index in [4.69, 9.17) is 5.11 Å². The number of rotatable bonds is 7. The van der Waals surface area contributed by atoms with Gasteiger partial charge in [-0.25, -0.2) is 0 Å². The fourth-order valence-electron chi connectivity index (χ4n) is 3.87. The number of aliphatic hydroxyl groups excluding tert-OH is 1. The maximum absolute atomic E-state index is 13.2. The van der Waals surface area contributed by atoms with Gasteiger partial charge >= 0.3 is 0 Å². The number of imide groups is 1. The molecular formula is C22H31N3O3. The molecule has 2 amide bonds. The van der Waals surface area contributed by atoms with E-state index < -0.39 is 0 Å². The van der Waals surface area contributed by atoms with E-state index in [0.29, 0.717) is 37.4 Å². The third-order valence-corrected chi connectivity index (χ3v) is 5.78. The zero-order valence-electron chi connectivity index (χ0n) is 17.2. The van der Waals surface area contributed by atoms with Crippen molar-refractivity contribution in [1.82, 2.24) is 14.7 Å². The van der Waals surface area contributed by atoms with Gasteiger partial charge in [0.2, 0.25) is 0 Å². The second-order valence-electron chi connectivity index (χ2n) is 7.69. The molecule has 0 atom stereocenters. The number of aliphatic hydroxyl groups is 1. The quantitative estimate of drug-likeness (QED) is 0.725. The molecular weight excluding hydrogens is 354 g/mol. The van der Waals surface area contributed by atoms with Crippen molar-refractivity contribution in [3.63, 3.8) is 0 Å². The largest absolute Gasteiger partial charge is 0.395 e. The number of piperazine rings is 1. The maximum Gasteiger partial charge on any atom is 0.277 e. The second kappa shape index (κ2) is 8.88. The Morgan fingerprint density at radius 1 is 0.964 bits per heavy atom. The van der Waals surface area contributed by atoms with Crippen LogP contribution in [0.15, 0.2) is 23.9 Å². The molecule has 1 N–H and O–H groups in total. The summed E-state index contributed by atoms with van der Waals surface area (Å²) >= 11 is 0. The molecule has 1 aromatic rings. The van der Waals surface area contributed by atoms with E-state index in [9.17, 15) is 9.59 Å². The van der Waals surface area contributed by atoms with Crippen molar-refractivity contribution >= 4 is 17.4 Å². The van der Waals surface area contributed by atoms with Gasteiger partial charge in [-0.2, -0.15) is 0 Å². The first-order valence-electron chi connectivity index (χ1n) is 10.2. The lowest BCUT2D eigenvalue weighted by molar-refractivity contribution is -0.137. The van der Waals surface area contributed by atoms with E-state index in [0.717, 1.165) is 37.1 Å². The van der Waals surface area contributed by atoms with Gasteiger partial charge in [-0.1, -0.05) is 31.5 Å². The summed E-state index contributed by atoms with van der Waals surface area (Å²) in [5.74, 6) is -0.336. The number of nitrogens with zero attached hydrogens (tertiary/aromatic N) is 3. The number of β-amino-alcohol motifs (C(OH)–C–C–N with tert-alkyl or cyclic N) is 1. The Morgan fingerprint density at radius 2 is 1.68 bits per heavy atom. The Morgan fingerprint density at radius 3 is 2.29 bits per heavy atom. The average Bonchev–Trinajstić information content (AvgIpc) is 2.93. The van der Waals surface area contributed by atoms with Gasteiger partial charge in [-0.15, -0.1) is 0 Å². The summed E-state index contributed by atoms with van der Waals surface area (Å²) in [6, 6.07) is 5.98. The van der Waals surface area contributed by atoms with Crippen LogP contribution in [0.1, 0.15) is 36.5 Å². The molecule has 2 heterocycles. The van der Waals surface area contributed by atoms with Crippen LogP contribution >= 0.6 is 0 Å². The average molecular weight is 386 g/mol.